The topological polar surface area (TPSA) is 44.8 Å². The van der Waals surface area contributed by atoms with E-state index in [9.17, 15) is 4.79 Å². The zero-order valence-electron chi connectivity index (χ0n) is 13.8. The number of likely N-dealkylation sites (tertiary alicyclic amines) is 1. The van der Waals surface area contributed by atoms with Crippen molar-refractivity contribution in [2.24, 2.45) is 0 Å². The monoisotopic (exact) mass is 297 g/mol. The summed E-state index contributed by atoms with van der Waals surface area (Å²) in [6.07, 6.45) is 4.51. The third-order valence-corrected chi connectivity index (χ3v) is 4.48. The first-order chi connectivity index (χ1) is 10.1. The van der Waals surface area contributed by atoms with E-state index >= 15 is 0 Å². The Morgan fingerprint density at radius 1 is 1.29 bits per heavy atom. The molecule has 2 rings (SSSR count). The number of hydrogen-bond donors (Lipinski definition) is 1. The van der Waals surface area contributed by atoms with E-state index in [0.717, 1.165) is 52.0 Å². The van der Waals surface area contributed by atoms with Crippen LogP contribution in [0.3, 0.4) is 0 Å². The zero-order valence-corrected chi connectivity index (χ0v) is 13.8. The molecule has 0 aromatic heterocycles. The molecular formula is C16H31N3O2. The average molecular weight is 297 g/mol. The molecule has 1 amide bonds. The Morgan fingerprint density at radius 3 is 2.67 bits per heavy atom. The first kappa shape index (κ1) is 16.7. The number of nitrogens with zero attached hydrogens (tertiary/aromatic N) is 2. The van der Waals surface area contributed by atoms with Crippen LogP contribution in [0.15, 0.2) is 0 Å². The smallest absolute Gasteiger partial charge is 0.222 e. The van der Waals surface area contributed by atoms with Crippen molar-refractivity contribution >= 4 is 5.91 Å². The Balaban J connectivity index is 1.82. The van der Waals surface area contributed by atoms with Gasteiger partial charge in [0.2, 0.25) is 5.91 Å². The lowest BCUT2D eigenvalue weighted by Crippen LogP contribution is -2.50. The molecule has 2 saturated heterocycles. The molecule has 5 nitrogen and oxygen atoms in total. The van der Waals surface area contributed by atoms with E-state index in [2.05, 4.69) is 29.0 Å². The molecule has 0 spiro atoms. The summed E-state index contributed by atoms with van der Waals surface area (Å²) in [7, 11) is 1.93. The lowest BCUT2D eigenvalue weighted by atomic mass is 10.1. The largest absolute Gasteiger partial charge is 0.373 e. The van der Waals surface area contributed by atoms with Crippen molar-refractivity contribution < 1.29 is 9.53 Å². The molecule has 0 unspecified atom stereocenters. The van der Waals surface area contributed by atoms with E-state index < -0.39 is 0 Å². The van der Waals surface area contributed by atoms with Gasteiger partial charge in [0.25, 0.3) is 0 Å². The Hall–Kier alpha value is -0.650. The highest BCUT2D eigenvalue weighted by Crippen LogP contribution is 2.21. The van der Waals surface area contributed by atoms with Crippen LogP contribution in [-0.2, 0) is 9.53 Å². The number of morpholine rings is 1. The maximum absolute atomic E-state index is 12.4. The van der Waals surface area contributed by atoms with E-state index in [1.165, 1.54) is 0 Å². The predicted octanol–water partition coefficient (Wildman–Crippen LogP) is 1.09. The van der Waals surface area contributed by atoms with Crippen molar-refractivity contribution in [1.82, 2.24) is 15.1 Å². The van der Waals surface area contributed by atoms with Crippen molar-refractivity contribution in [3.8, 4) is 0 Å². The lowest BCUT2D eigenvalue weighted by Gasteiger charge is -2.38. The highest BCUT2D eigenvalue weighted by molar-refractivity contribution is 5.76. The minimum Gasteiger partial charge on any atom is -0.373 e. The Morgan fingerprint density at radius 2 is 2.00 bits per heavy atom. The first-order valence-corrected chi connectivity index (χ1v) is 8.42. The summed E-state index contributed by atoms with van der Waals surface area (Å²) in [5.74, 6) is 0.335. The summed E-state index contributed by atoms with van der Waals surface area (Å²) in [5.41, 5.74) is 0. The second kappa shape index (κ2) is 8.11. The van der Waals surface area contributed by atoms with E-state index in [1.807, 2.05) is 7.05 Å². The summed E-state index contributed by atoms with van der Waals surface area (Å²) >= 11 is 0. The number of carbonyl (C=O) groups excluding carboxylic acids is 1. The minimum atomic E-state index is 0.301. The second-order valence-electron chi connectivity index (χ2n) is 6.57. The molecule has 0 aromatic rings. The molecule has 2 fully saturated rings. The van der Waals surface area contributed by atoms with Crippen molar-refractivity contribution in [3.63, 3.8) is 0 Å². The van der Waals surface area contributed by atoms with Gasteiger partial charge in [-0.3, -0.25) is 9.69 Å². The predicted molar refractivity (Wildman–Crippen MR) is 84.3 cm³/mol. The molecule has 21 heavy (non-hydrogen) atoms. The van der Waals surface area contributed by atoms with Crippen molar-refractivity contribution in [3.05, 3.63) is 0 Å². The van der Waals surface area contributed by atoms with Gasteiger partial charge >= 0.3 is 0 Å². The average Bonchev–Trinajstić information content (AvgIpc) is 2.86. The molecular weight excluding hydrogens is 266 g/mol. The van der Waals surface area contributed by atoms with Crippen LogP contribution in [-0.4, -0.2) is 73.7 Å². The number of nitrogens with one attached hydrogen (secondary N) is 1. The standard InChI is InChI=1S/C16H31N3O2/c1-13-10-18(11-14(2)21-13)12-15-6-5-9-19(15)16(20)7-4-8-17-3/h13-15,17H,4-12H2,1-3H3/t13-,14-,15+/m0/s1. The molecule has 122 valence electrons. The van der Waals surface area contributed by atoms with Gasteiger partial charge in [-0.25, -0.2) is 0 Å². The van der Waals surface area contributed by atoms with Gasteiger partial charge in [0.1, 0.15) is 0 Å². The van der Waals surface area contributed by atoms with Crippen LogP contribution in [0.5, 0.6) is 0 Å². The quantitative estimate of drug-likeness (QED) is 0.745. The van der Waals surface area contributed by atoms with E-state index in [4.69, 9.17) is 4.74 Å². The zero-order chi connectivity index (χ0) is 15.2. The van der Waals surface area contributed by atoms with Crippen LogP contribution < -0.4 is 5.32 Å². The highest BCUT2D eigenvalue weighted by Gasteiger charge is 2.31. The fourth-order valence-corrected chi connectivity index (χ4v) is 3.65. The number of hydrogen-bond acceptors (Lipinski definition) is 4. The Kier molecular flexibility index (Phi) is 6.45. The maximum atomic E-state index is 12.4. The summed E-state index contributed by atoms with van der Waals surface area (Å²) in [5, 5.41) is 3.11. The van der Waals surface area contributed by atoms with Crippen LogP contribution in [0.2, 0.25) is 0 Å². The Bertz CT molecular complexity index is 327. The van der Waals surface area contributed by atoms with E-state index in [-0.39, 0.29) is 0 Å². The van der Waals surface area contributed by atoms with Gasteiger partial charge in [-0.2, -0.15) is 0 Å². The molecule has 2 aliphatic rings. The summed E-state index contributed by atoms with van der Waals surface area (Å²) < 4.78 is 5.79. The molecule has 2 aliphatic heterocycles. The third kappa shape index (κ3) is 4.94. The normalized spacial score (nSPS) is 30.8. The van der Waals surface area contributed by atoms with Gasteiger partial charge in [-0.05, 0) is 46.7 Å². The van der Waals surface area contributed by atoms with Gasteiger partial charge in [-0.1, -0.05) is 0 Å². The summed E-state index contributed by atoms with van der Waals surface area (Å²) in [6.45, 7) is 9.12. The summed E-state index contributed by atoms with van der Waals surface area (Å²) in [4.78, 5) is 17.0. The SMILES string of the molecule is CNCCCC(=O)N1CCC[C@@H]1CN1C[C@H](C)O[C@@H](C)C1. The molecule has 5 heteroatoms. The van der Waals surface area contributed by atoms with E-state index in [1.54, 1.807) is 0 Å². The van der Waals surface area contributed by atoms with Crippen molar-refractivity contribution in [2.75, 3.05) is 39.8 Å². The van der Waals surface area contributed by atoms with Gasteiger partial charge < -0.3 is 15.0 Å². The van der Waals surface area contributed by atoms with Gasteiger partial charge in [-0.15, -0.1) is 0 Å². The third-order valence-electron chi connectivity index (χ3n) is 4.48. The van der Waals surface area contributed by atoms with Gasteiger partial charge in [0.05, 0.1) is 12.2 Å². The second-order valence-corrected chi connectivity index (χ2v) is 6.57. The molecule has 2 heterocycles. The number of carbonyl (C=O) groups is 1. The lowest BCUT2D eigenvalue weighted by molar-refractivity contribution is -0.133. The molecule has 0 aromatic carbocycles. The van der Waals surface area contributed by atoms with Gasteiger partial charge in [0.15, 0.2) is 0 Å². The summed E-state index contributed by atoms with van der Waals surface area (Å²) in [6, 6.07) is 0.407. The molecule has 0 aliphatic carbocycles. The van der Waals surface area contributed by atoms with Crippen LogP contribution in [0, 0.1) is 0 Å². The van der Waals surface area contributed by atoms with Crippen molar-refractivity contribution in [2.45, 2.75) is 57.8 Å². The van der Waals surface area contributed by atoms with E-state index in [0.29, 0.717) is 30.6 Å². The molecule has 0 bridgehead atoms. The number of amides is 1. The van der Waals surface area contributed by atoms with Gasteiger partial charge in [0, 0.05) is 38.6 Å². The number of ether oxygens (including phenoxy) is 1. The van der Waals surface area contributed by atoms with Crippen LogP contribution in [0.4, 0.5) is 0 Å². The van der Waals surface area contributed by atoms with Crippen LogP contribution >= 0.6 is 0 Å². The van der Waals surface area contributed by atoms with Crippen molar-refractivity contribution in [1.29, 1.82) is 0 Å². The first-order valence-electron chi connectivity index (χ1n) is 8.42. The van der Waals surface area contributed by atoms with Crippen LogP contribution in [0.1, 0.15) is 39.5 Å². The molecule has 1 N–H and O–H groups in total. The minimum absolute atomic E-state index is 0.301. The highest BCUT2D eigenvalue weighted by atomic mass is 16.5. The molecule has 0 radical (unpaired) electrons. The maximum Gasteiger partial charge on any atom is 0.222 e. The number of rotatable bonds is 6. The fourth-order valence-electron chi connectivity index (χ4n) is 3.65. The van der Waals surface area contributed by atoms with Crippen LogP contribution in [0.25, 0.3) is 0 Å². The Labute approximate surface area is 129 Å². The molecule has 3 atom stereocenters. The molecule has 0 saturated carbocycles. The fraction of sp³-hybridized carbons (Fsp3) is 0.938.